The quantitative estimate of drug-likeness (QED) is 0.731. The van der Waals surface area contributed by atoms with Gasteiger partial charge in [0, 0.05) is 11.8 Å². The Morgan fingerprint density at radius 1 is 1.33 bits per heavy atom. The molecular formula is C10H8FN3S. The minimum absolute atomic E-state index is 0.289. The molecule has 0 radical (unpaired) electrons. The van der Waals surface area contributed by atoms with Gasteiger partial charge in [-0.25, -0.2) is 9.38 Å². The number of aromatic nitrogens is 2. The molecule has 1 aromatic heterocycles. The van der Waals surface area contributed by atoms with Crippen LogP contribution in [0.15, 0.2) is 29.3 Å². The van der Waals surface area contributed by atoms with Crippen LogP contribution in [0.2, 0.25) is 0 Å². The largest absolute Gasteiger partial charge is 0.231 e. The van der Waals surface area contributed by atoms with Crippen LogP contribution in [-0.2, 0) is 0 Å². The van der Waals surface area contributed by atoms with E-state index in [1.54, 1.807) is 18.2 Å². The Morgan fingerprint density at radius 2 is 2.13 bits per heavy atom. The number of hydrogen-bond donors (Lipinski definition) is 0. The summed E-state index contributed by atoms with van der Waals surface area (Å²) in [5, 5.41) is 9.00. The number of aliphatic imine (C=N–C) groups is 1. The molecule has 0 aliphatic carbocycles. The number of halogens is 1. The highest BCUT2D eigenvalue weighted by molar-refractivity contribution is 7.14. The molecule has 0 saturated carbocycles. The third-order valence-electron chi connectivity index (χ3n) is 1.73. The normalized spacial score (nSPS) is 11.1. The number of rotatable bonds is 2. The van der Waals surface area contributed by atoms with Crippen LogP contribution in [-0.4, -0.2) is 16.4 Å². The summed E-state index contributed by atoms with van der Waals surface area (Å²) in [5.74, 6) is -0.289. The molecule has 0 bridgehead atoms. The maximum Gasteiger partial charge on any atom is 0.231 e. The zero-order chi connectivity index (χ0) is 10.7. The molecule has 3 nitrogen and oxygen atoms in total. The second kappa shape index (κ2) is 4.27. The van der Waals surface area contributed by atoms with Crippen molar-refractivity contribution in [2.45, 2.75) is 6.92 Å². The van der Waals surface area contributed by atoms with Gasteiger partial charge in [0.05, 0.1) is 0 Å². The third kappa shape index (κ3) is 2.44. The van der Waals surface area contributed by atoms with E-state index in [4.69, 9.17) is 0 Å². The molecule has 2 rings (SSSR count). The topological polar surface area (TPSA) is 38.1 Å². The maximum atomic E-state index is 13.2. The van der Waals surface area contributed by atoms with Crippen molar-refractivity contribution in [2.24, 2.45) is 4.99 Å². The van der Waals surface area contributed by atoms with E-state index in [0.29, 0.717) is 10.7 Å². The lowest BCUT2D eigenvalue weighted by Crippen LogP contribution is -1.85. The van der Waals surface area contributed by atoms with Gasteiger partial charge in [-0.1, -0.05) is 29.5 Å². The zero-order valence-corrected chi connectivity index (χ0v) is 8.83. The lowest BCUT2D eigenvalue weighted by atomic mass is 10.2. The van der Waals surface area contributed by atoms with Crippen molar-refractivity contribution in [1.82, 2.24) is 10.2 Å². The summed E-state index contributed by atoms with van der Waals surface area (Å²) in [7, 11) is 0. The fourth-order valence-electron chi connectivity index (χ4n) is 1.04. The second-order valence-corrected chi connectivity index (χ2v) is 4.04. The summed E-state index contributed by atoms with van der Waals surface area (Å²) in [6.45, 7) is 1.85. The Balaban J connectivity index is 2.22. The molecule has 0 unspecified atom stereocenters. The van der Waals surface area contributed by atoms with Gasteiger partial charge in [0.2, 0.25) is 5.13 Å². The van der Waals surface area contributed by atoms with Gasteiger partial charge < -0.3 is 0 Å². The summed E-state index contributed by atoms with van der Waals surface area (Å²) in [6, 6.07) is 6.46. The smallest absolute Gasteiger partial charge is 0.226 e. The Morgan fingerprint density at radius 3 is 2.80 bits per heavy atom. The number of hydrogen-bond acceptors (Lipinski definition) is 4. The summed E-state index contributed by atoms with van der Waals surface area (Å²) < 4.78 is 13.2. The van der Waals surface area contributed by atoms with Crippen LogP contribution >= 0.6 is 11.3 Å². The van der Waals surface area contributed by atoms with Crippen molar-refractivity contribution < 1.29 is 4.39 Å². The SMILES string of the molecule is Cc1nnc(/N=C/c2ccccc2F)s1. The van der Waals surface area contributed by atoms with E-state index >= 15 is 0 Å². The van der Waals surface area contributed by atoms with Crippen molar-refractivity contribution in [3.63, 3.8) is 0 Å². The van der Waals surface area contributed by atoms with Crippen LogP contribution in [0.25, 0.3) is 0 Å². The number of nitrogens with zero attached hydrogens (tertiary/aromatic N) is 3. The molecule has 0 atom stereocenters. The molecule has 0 amide bonds. The minimum Gasteiger partial charge on any atom is -0.226 e. The summed E-state index contributed by atoms with van der Waals surface area (Å²) in [5.41, 5.74) is 0.449. The molecule has 2 aromatic rings. The Kier molecular flexibility index (Phi) is 2.82. The molecule has 0 aliphatic rings. The average Bonchev–Trinajstić information content (AvgIpc) is 2.63. The molecule has 1 heterocycles. The highest BCUT2D eigenvalue weighted by Crippen LogP contribution is 2.17. The molecule has 15 heavy (non-hydrogen) atoms. The van der Waals surface area contributed by atoms with Gasteiger partial charge in [0.1, 0.15) is 10.8 Å². The van der Waals surface area contributed by atoms with Crippen LogP contribution < -0.4 is 0 Å². The van der Waals surface area contributed by atoms with E-state index in [-0.39, 0.29) is 5.82 Å². The molecule has 5 heteroatoms. The predicted octanol–water partition coefficient (Wildman–Crippen LogP) is 2.74. The van der Waals surface area contributed by atoms with Gasteiger partial charge >= 0.3 is 0 Å². The fourth-order valence-corrected chi connectivity index (χ4v) is 1.58. The van der Waals surface area contributed by atoms with Crippen molar-refractivity contribution >= 4 is 22.7 Å². The molecule has 0 fully saturated rings. The van der Waals surface area contributed by atoms with Gasteiger partial charge in [-0.15, -0.1) is 10.2 Å². The van der Waals surface area contributed by atoms with E-state index < -0.39 is 0 Å². The van der Waals surface area contributed by atoms with E-state index in [1.165, 1.54) is 23.6 Å². The molecule has 1 aromatic carbocycles. The number of aryl methyl sites for hydroxylation is 1. The summed E-state index contributed by atoms with van der Waals surface area (Å²) in [4.78, 5) is 4.04. The van der Waals surface area contributed by atoms with Gasteiger partial charge in [0.15, 0.2) is 0 Å². The molecule has 0 aliphatic heterocycles. The van der Waals surface area contributed by atoms with E-state index in [1.807, 2.05) is 6.92 Å². The van der Waals surface area contributed by atoms with Crippen molar-refractivity contribution in [1.29, 1.82) is 0 Å². The molecule has 76 valence electrons. The lowest BCUT2D eigenvalue weighted by Gasteiger charge is -1.92. The van der Waals surface area contributed by atoms with Crippen LogP contribution in [0.4, 0.5) is 9.52 Å². The van der Waals surface area contributed by atoms with Crippen LogP contribution in [0, 0.1) is 12.7 Å². The molecular weight excluding hydrogens is 213 g/mol. The van der Waals surface area contributed by atoms with Gasteiger partial charge in [-0.05, 0) is 13.0 Å². The first-order valence-corrected chi connectivity index (χ1v) is 5.16. The van der Waals surface area contributed by atoms with Crippen molar-refractivity contribution in [3.05, 3.63) is 40.7 Å². The van der Waals surface area contributed by atoms with Crippen molar-refractivity contribution in [2.75, 3.05) is 0 Å². The monoisotopic (exact) mass is 221 g/mol. The third-order valence-corrected chi connectivity index (χ3v) is 2.48. The first-order chi connectivity index (χ1) is 7.25. The van der Waals surface area contributed by atoms with Crippen LogP contribution in [0.5, 0.6) is 0 Å². The summed E-state index contributed by atoms with van der Waals surface area (Å²) >= 11 is 1.37. The minimum atomic E-state index is -0.289. The van der Waals surface area contributed by atoms with Crippen LogP contribution in [0.3, 0.4) is 0 Å². The Hall–Kier alpha value is -1.62. The van der Waals surface area contributed by atoms with E-state index in [0.717, 1.165) is 5.01 Å². The Labute approximate surface area is 90.3 Å². The molecule has 0 N–H and O–H groups in total. The van der Waals surface area contributed by atoms with Gasteiger partial charge in [-0.2, -0.15) is 0 Å². The van der Waals surface area contributed by atoms with E-state index in [9.17, 15) is 4.39 Å². The predicted molar refractivity (Wildman–Crippen MR) is 58.3 cm³/mol. The van der Waals surface area contributed by atoms with E-state index in [2.05, 4.69) is 15.2 Å². The highest BCUT2D eigenvalue weighted by Gasteiger charge is 1.98. The van der Waals surface area contributed by atoms with Gasteiger partial charge in [-0.3, -0.25) is 0 Å². The van der Waals surface area contributed by atoms with Crippen molar-refractivity contribution in [3.8, 4) is 0 Å². The first-order valence-electron chi connectivity index (χ1n) is 4.34. The maximum absolute atomic E-state index is 13.2. The second-order valence-electron chi connectivity index (χ2n) is 2.88. The van der Waals surface area contributed by atoms with Gasteiger partial charge in [0.25, 0.3) is 0 Å². The first kappa shape index (κ1) is 9.92. The molecule has 0 spiro atoms. The fraction of sp³-hybridized carbons (Fsp3) is 0.100. The van der Waals surface area contributed by atoms with Crippen LogP contribution in [0.1, 0.15) is 10.6 Å². The zero-order valence-electron chi connectivity index (χ0n) is 8.01. The number of benzene rings is 1. The average molecular weight is 221 g/mol. The summed E-state index contributed by atoms with van der Waals surface area (Å²) in [6.07, 6.45) is 1.45. The lowest BCUT2D eigenvalue weighted by molar-refractivity contribution is 0.626. The molecule has 0 saturated heterocycles. The standard InChI is InChI=1S/C10H8FN3S/c1-7-13-14-10(15-7)12-6-8-4-2-3-5-9(8)11/h2-6H,1H3/b12-6+. The Bertz CT molecular complexity index is 493. The highest BCUT2D eigenvalue weighted by atomic mass is 32.1.